The summed E-state index contributed by atoms with van der Waals surface area (Å²) in [6.45, 7) is 5.02. The number of amides is 1. The van der Waals surface area contributed by atoms with Crippen LogP contribution in [-0.2, 0) is 20.4 Å². The number of carbonyl (C=O) groups excluding carboxylic acids is 1. The average molecular weight is 365 g/mol. The second-order valence-electron chi connectivity index (χ2n) is 5.79. The van der Waals surface area contributed by atoms with E-state index < -0.39 is 21.3 Å². The van der Waals surface area contributed by atoms with Crippen molar-refractivity contribution in [2.24, 2.45) is 0 Å². The number of nitrogens with zero attached hydrogens (tertiary/aromatic N) is 3. The highest BCUT2D eigenvalue weighted by Gasteiger charge is 2.24. The maximum Gasteiger partial charge on any atom is 0.242 e. The predicted octanol–water partition coefficient (Wildman–Crippen LogP) is 2.30. The van der Waals surface area contributed by atoms with Crippen molar-refractivity contribution in [1.29, 1.82) is 0 Å². The summed E-state index contributed by atoms with van der Waals surface area (Å²) < 4.78 is 29.6. The van der Waals surface area contributed by atoms with Crippen molar-refractivity contribution in [1.82, 2.24) is 15.0 Å². The number of rotatable bonds is 9. The topological polar surface area (TPSA) is 93.4 Å². The second-order valence-corrected chi connectivity index (χ2v) is 7.86. The highest BCUT2D eigenvalue weighted by molar-refractivity contribution is 7.91. The van der Waals surface area contributed by atoms with Crippen LogP contribution in [0.15, 0.2) is 34.9 Å². The van der Waals surface area contributed by atoms with Gasteiger partial charge in [-0.1, -0.05) is 49.3 Å². The summed E-state index contributed by atoms with van der Waals surface area (Å²) in [5.74, 6) is -1.05. The Labute approximate surface area is 148 Å². The molecule has 1 heterocycles. The molecule has 0 aliphatic rings. The molecule has 0 radical (unpaired) electrons. The minimum absolute atomic E-state index is 0.0100. The van der Waals surface area contributed by atoms with Crippen LogP contribution in [0.1, 0.15) is 32.6 Å². The number of carbonyl (C=O) groups is 1. The van der Waals surface area contributed by atoms with E-state index in [1.165, 1.54) is 0 Å². The van der Waals surface area contributed by atoms with Gasteiger partial charge in [-0.3, -0.25) is 4.79 Å². The highest BCUT2D eigenvalue weighted by atomic mass is 32.2. The zero-order valence-corrected chi connectivity index (χ0v) is 15.3. The summed E-state index contributed by atoms with van der Waals surface area (Å²) in [4.78, 5) is 17.9. The van der Waals surface area contributed by atoms with Crippen LogP contribution in [0, 0.1) is 0 Å². The highest BCUT2D eigenvalue weighted by Crippen LogP contribution is 2.16. The van der Waals surface area contributed by atoms with E-state index in [2.05, 4.69) is 10.1 Å². The normalized spacial score (nSPS) is 11.4. The van der Waals surface area contributed by atoms with E-state index in [9.17, 15) is 13.2 Å². The Bertz CT molecular complexity index is 781. The van der Waals surface area contributed by atoms with Crippen molar-refractivity contribution in [2.75, 3.05) is 18.8 Å². The van der Waals surface area contributed by atoms with Crippen LogP contribution >= 0.6 is 0 Å². The molecular weight excluding hydrogens is 342 g/mol. The molecule has 0 aliphatic heterocycles. The first-order valence-corrected chi connectivity index (χ1v) is 10.1. The largest absolute Gasteiger partial charge is 0.342 e. The molecule has 25 heavy (non-hydrogen) atoms. The molecule has 7 nitrogen and oxygen atoms in total. The van der Waals surface area contributed by atoms with Gasteiger partial charge in [-0.25, -0.2) is 8.42 Å². The molecule has 0 spiro atoms. The van der Waals surface area contributed by atoms with Gasteiger partial charge in [0.25, 0.3) is 0 Å². The van der Waals surface area contributed by atoms with Crippen molar-refractivity contribution in [3.63, 3.8) is 0 Å². The van der Waals surface area contributed by atoms with E-state index in [0.29, 0.717) is 18.9 Å². The number of hydrogen-bond acceptors (Lipinski definition) is 6. The fraction of sp³-hybridized carbons (Fsp3) is 0.471. The van der Waals surface area contributed by atoms with Crippen molar-refractivity contribution in [3.05, 3.63) is 36.2 Å². The Morgan fingerprint density at radius 3 is 2.36 bits per heavy atom. The molecule has 0 unspecified atom stereocenters. The third kappa shape index (κ3) is 5.67. The molecule has 0 bridgehead atoms. The van der Waals surface area contributed by atoms with E-state index in [-0.39, 0.29) is 11.8 Å². The lowest BCUT2D eigenvalue weighted by molar-refractivity contribution is -0.128. The van der Waals surface area contributed by atoms with Gasteiger partial charge in [0.2, 0.25) is 17.6 Å². The Kier molecular flexibility index (Phi) is 6.69. The molecule has 1 aromatic carbocycles. The van der Waals surface area contributed by atoms with Crippen LogP contribution in [0.4, 0.5) is 0 Å². The first-order chi connectivity index (χ1) is 11.9. The van der Waals surface area contributed by atoms with Crippen molar-refractivity contribution in [3.8, 4) is 11.4 Å². The van der Waals surface area contributed by atoms with Gasteiger partial charge in [-0.05, 0) is 12.8 Å². The molecule has 2 aromatic rings. The molecule has 0 saturated carbocycles. The zero-order valence-electron chi connectivity index (χ0n) is 14.5. The van der Waals surface area contributed by atoms with Gasteiger partial charge in [0, 0.05) is 18.7 Å². The standard InChI is InChI=1S/C17H23N3O4S/c1-3-10-20(11-4-2)16(21)13-25(22,23)12-15-18-17(19-24-15)14-8-6-5-7-9-14/h5-9H,3-4,10-13H2,1-2H3. The smallest absolute Gasteiger partial charge is 0.242 e. The Morgan fingerprint density at radius 2 is 1.76 bits per heavy atom. The Hall–Kier alpha value is -2.22. The van der Waals surface area contributed by atoms with Crippen LogP contribution in [0.5, 0.6) is 0 Å². The lowest BCUT2D eigenvalue weighted by Crippen LogP contribution is -2.37. The van der Waals surface area contributed by atoms with Gasteiger partial charge < -0.3 is 9.42 Å². The van der Waals surface area contributed by atoms with E-state index in [0.717, 1.165) is 18.4 Å². The molecule has 136 valence electrons. The van der Waals surface area contributed by atoms with E-state index >= 15 is 0 Å². The summed E-state index contributed by atoms with van der Waals surface area (Å²) in [6, 6.07) is 9.13. The van der Waals surface area contributed by atoms with Crippen LogP contribution in [0.3, 0.4) is 0 Å². The van der Waals surface area contributed by atoms with Gasteiger partial charge in [0.05, 0.1) is 0 Å². The van der Waals surface area contributed by atoms with Crippen molar-refractivity contribution in [2.45, 2.75) is 32.4 Å². The number of hydrogen-bond donors (Lipinski definition) is 0. The van der Waals surface area contributed by atoms with Crippen molar-refractivity contribution >= 4 is 15.7 Å². The zero-order chi connectivity index (χ0) is 18.3. The maximum atomic E-state index is 12.3. The van der Waals surface area contributed by atoms with Crippen LogP contribution in [0.25, 0.3) is 11.4 Å². The quantitative estimate of drug-likeness (QED) is 0.677. The molecule has 2 rings (SSSR count). The maximum absolute atomic E-state index is 12.3. The van der Waals surface area contributed by atoms with Crippen LogP contribution in [0.2, 0.25) is 0 Å². The van der Waals surface area contributed by atoms with Crippen molar-refractivity contribution < 1.29 is 17.7 Å². The van der Waals surface area contributed by atoms with Crippen LogP contribution in [-0.4, -0.2) is 48.2 Å². The third-order valence-electron chi connectivity index (χ3n) is 3.53. The third-order valence-corrected chi connectivity index (χ3v) is 4.90. The molecule has 0 atom stereocenters. The molecule has 0 N–H and O–H groups in total. The SMILES string of the molecule is CCCN(CCC)C(=O)CS(=O)(=O)Cc1nc(-c2ccccc2)no1. The lowest BCUT2D eigenvalue weighted by atomic mass is 10.2. The molecule has 8 heteroatoms. The summed E-state index contributed by atoms with van der Waals surface area (Å²) in [5.41, 5.74) is 0.739. The molecule has 1 amide bonds. The van der Waals surface area contributed by atoms with Gasteiger partial charge in [0.1, 0.15) is 11.5 Å². The molecule has 0 fully saturated rings. The van der Waals surface area contributed by atoms with Gasteiger partial charge in [-0.2, -0.15) is 4.98 Å². The summed E-state index contributed by atoms with van der Waals surface area (Å²) in [6.07, 6.45) is 1.58. The molecule has 1 aromatic heterocycles. The summed E-state index contributed by atoms with van der Waals surface area (Å²) in [5, 5.41) is 3.80. The molecule has 0 saturated heterocycles. The lowest BCUT2D eigenvalue weighted by Gasteiger charge is -2.21. The van der Waals surface area contributed by atoms with E-state index in [1.807, 2.05) is 32.0 Å². The number of aromatic nitrogens is 2. The van der Waals surface area contributed by atoms with E-state index in [4.69, 9.17) is 4.52 Å². The number of benzene rings is 1. The minimum atomic E-state index is -3.67. The van der Waals surface area contributed by atoms with Gasteiger partial charge in [0.15, 0.2) is 9.84 Å². The first kappa shape index (κ1) is 19.1. The monoisotopic (exact) mass is 365 g/mol. The van der Waals surface area contributed by atoms with Gasteiger partial charge >= 0.3 is 0 Å². The van der Waals surface area contributed by atoms with Gasteiger partial charge in [-0.15, -0.1) is 0 Å². The number of sulfone groups is 1. The summed E-state index contributed by atoms with van der Waals surface area (Å²) >= 11 is 0. The fourth-order valence-corrected chi connectivity index (χ4v) is 3.59. The molecular formula is C17H23N3O4S. The Balaban J connectivity index is 2.03. The minimum Gasteiger partial charge on any atom is -0.342 e. The Morgan fingerprint density at radius 1 is 1.12 bits per heavy atom. The first-order valence-electron chi connectivity index (χ1n) is 8.31. The predicted molar refractivity (Wildman–Crippen MR) is 94.4 cm³/mol. The van der Waals surface area contributed by atoms with E-state index in [1.54, 1.807) is 17.0 Å². The van der Waals surface area contributed by atoms with Crippen LogP contribution < -0.4 is 0 Å². The average Bonchev–Trinajstić information content (AvgIpc) is 3.02. The fourth-order valence-electron chi connectivity index (χ4n) is 2.44. The second kappa shape index (κ2) is 8.75. The summed E-state index contributed by atoms with van der Waals surface area (Å²) in [7, 11) is -3.67. The molecule has 0 aliphatic carbocycles.